The van der Waals surface area contributed by atoms with E-state index in [9.17, 15) is 14.3 Å². The van der Waals surface area contributed by atoms with E-state index in [1.54, 1.807) is 17.0 Å². The second-order valence-corrected chi connectivity index (χ2v) is 8.68. The first-order valence-electron chi connectivity index (χ1n) is 11.4. The van der Waals surface area contributed by atoms with Crippen molar-refractivity contribution in [3.63, 3.8) is 0 Å². The number of para-hydroxylation sites is 3. The largest absolute Gasteiger partial charge is 0.491 e. The molecule has 6 nitrogen and oxygen atoms in total. The monoisotopic (exact) mass is 459 g/mol. The normalized spacial score (nSPS) is 16.9. The quantitative estimate of drug-likeness (QED) is 0.444. The van der Waals surface area contributed by atoms with Crippen molar-refractivity contribution in [3.8, 4) is 5.75 Å². The van der Waals surface area contributed by atoms with Crippen molar-refractivity contribution in [2.75, 3.05) is 18.1 Å². The van der Waals surface area contributed by atoms with Crippen molar-refractivity contribution < 1.29 is 19.0 Å². The molecule has 174 valence electrons. The number of amides is 1. The fourth-order valence-electron chi connectivity index (χ4n) is 4.54. The van der Waals surface area contributed by atoms with E-state index in [-0.39, 0.29) is 37.2 Å². The Hall–Kier alpha value is -3.71. The summed E-state index contributed by atoms with van der Waals surface area (Å²) in [6.07, 6.45) is -0.497. The summed E-state index contributed by atoms with van der Waals surface area (Å²) in [5.41, 5.74) is 3.25. The summed E-state index contributed by atoms with van der Waals surface area (Å²) < 4.78 is 21.6. The van der Waals surface area contributed by atoms with E-state index in [0.29, 0.717) is 12.2 Å². The molecule has 1 saturated heterocycles. The van der Waals surface area contributed by atoms with Crippen molar-refractivity contribution in [3.05, 3.63) is 90.0 Å². The molecule has 34 heavy (non-hydrogen) atoms. The van der Waals surface area contributed by atoms with Crippen LogP contribution in [-0.2, 0) is 11.3 Å². The number of imidazole rings is 1. The van der Waals surface area contributed by atoms with Crippen molar-refractivity contribution >= 4 is 22.6 Å². The van der Waals surface area contributed by atoms with Crippen LogP contribution in [0.25, 0.3) is 11.0 Å². The number of anilines is 1. The minimum atomic E-state index is -0.771. The first kappa shape index (κ1) is 22.1. The van der Waals surface area contributed by atoms with Crippen LogP contribution in [0.1, 0.15) is 23.7 Å². The average Bonchev–Trinajstić information content (AvgIpc) is 3.39. The van der Waals surface area contributed by atoms with Crippen LogP contribution >= 0.6 is 0 Å². The predicted molar refractivity (Wildman–Crippen MR) is 129 cm³/mol. The molecule has 2 heterocycles. The fourth-order valence-corrected chi connectivity index (χ4v) is 4.54. The maximum Gasteiger partial charge on any atom is 0.227 e. The zero-order valence-corrected chi connectivity index (χ0v) is 18.9. The molecule has 7 heteroatoms. The fraction of sp³-hybridized carbons (Fsp3) is 0.259. The molecule has 1 aliphatic rings. The molecule has 0 radical (unpaired) electrons. The Bertz CT molecular complexity index is 1340. The highest BCUT2D eigenvalue weighted by Gasteiger charge is 2.35. The molecule has 1 amide bonds. The highest BCUT2D eigenvalue weighted by molar-refractivity contribution is 5.96. The van der Waals surface area contributed by atoms with E-state index in [1.807, 2.05) is 60.0 Å². The summed E-state index contributed by atoms with van der Waals surface area (Å²) in [6.45, 7) is 2.79. The molecule has 0 unspecified atom stereocenters. The number of hydrogen-bond acceptors (Lipinski definition) is 4. The van der Waals surface area contributed by atoms with E-state index in [2.05, 4.69) is 0 Å². The number of carbonyl (C=O) groups excluding carboxylic acids is 1. The summed E-state index contributed by atoms with van der Waals surface area (Å²) in [6, 6.07) is 21.5. The first-order chi connectivity index (χ1) is 16.5. The predicted octanol–water partition coefficient (Wildman–Crippen LogP) is 4.44. The third kappa shape index (κ3) is 4.39. The highest BCUT2D eigenvalue weighted by Crippen LogP contribution is 2.33. The molecule has 5 rings (SSSR count). The average molecular weight is 460 g/mol. The Morgan fingerprint density at radius 1 is 1.12 bits per heavy atom. The van der Waals surface area contributed by atoms with Gasteiger partial charge >= 0.3 is 0 Å². The van der Waals surface area contributed by atoms with Crippen molar-refractivity contribution in [1.82, 2.24) is 9.55 Å². The minimum Gasteiger partial charge on any atom is -0.491 e. The molecule has 2 atom stereocenters. The van der Waals surface area contributed by atoms with E-state index < -0.39 is 6.10 Å². The van der Waals surface area contributed by atoms with Gasteiger partial charge in [-0.15, -0.1) is 0 Å². The van der Waals surface area contributed by atoms with Crippen LogP contribution in [0.3, 0.4) is 0 Å². The first-order valence-corrected chi connectivity index (χ1v) is 11.4. The third-order valence-corrected chi connectivity index (χ3v) is 6.21. The highest BCUT2D eigenvalue weighted by atomic mass is 19.1. The van der Waals surface area contributed by atoms with Crippen LogP contribution in [0.4, 0.5) is 10.1 Å². The van der Waals surface area contributed by atoms with Gasteiger partial charge in [-0.3, -0.25) is 4.79 Å². The number of halogens is 1. The van der Waals surface area contributed by atoms with Crippen LogP contribution in [-0.4, -0.2) is 39.8 Å². The van der Waals surface area contributed by atoms with Gasteiger partial charge in [-0.05, 0) is 48.9 Å². The number of benzene rings is 3. The van der Waals surface area contributed by atoms with Gasteiger partial charge in [0.1, 0.15) is 30.1 Å². The van der Waals surface area contributed by atoms with Gasteiger partial charge in [-0.2, -0.15) is 0 Å². The lowest BCUT2D eigenvalue weighted by atomic mass is 10.1. The number of carbonyl (C=O) groups is 1. The van der Waals surface area contributed by atoms with Crippen LogP contribution in [0, 0.1) is 12.7 Å². The topological polar surface area (TPSA) is 67.6 Å². The molecule has 1 fully saturated rings. The zero-order chi connectivity index (χ0) is 23.7. The van der Waals surface area contributed by atoms with Crippen molar-refractivity contribution in [2.24, 2.45) is 0 Å². The number of fused-ring (bicyclic) bond motifs is 1. The molecule has 0 aliphatic carbocycles. The van der Waals surface area contributed by atoms with Gasteiger partial charge < -0.3 is 19.3 Å². The summed E-state index contributed by atoms with van der Waals surface area (Å²) in [4.78, 5) is 19.2. The molecule has 0 spiro atoms. The maximum absolute atomic E-state index is 13.7. The van der Waals surface area contributed by atoms with Gasteiger partial charge in [0, 0.05) is 24.6 Å². The van der Waals surface area contributed by atoms with Gasteiger partial charge in [0.05, 0.1) is 17.6 Å². The van der Waals surface area contributed by atoms with E-state index in [0.717, 1.165) is 28.2 Å². The molecule has 0 bridgehead atoms. The zero-order valence-electron chi connectivity index (χ0n) is 18.9. The number of aromatic nitrogens is 2. The number of aliphatic hydroxyl groups excluding tert-OH is 1. The Morgan fingerprint density at radius 3 is 2.74 bits per heavy atom. The molecule has 3 aromatic carbocycles. The Balaban J connectivity index is 1.39. The molecular formula is C27H26FN3O3. The lowest BCUT2D eigenvalue weighted by Crippen LogP contribution is -2.26. The molecule has 1 aliphatic heterocycles. The second kappa shape index (κ2) is 9.27. The van der Waals surface area contributed by atoms with Crippen molar-refractivity contribution in [2.45, 2.75) is 31.9 Å². The SMILES string of the molecule is Cc1ccccc1OC[C@@H](O)Cn1c([C@@H]2CC(=O)N(c3cccc(F)c3)C2)nc2ccccc21. The van der Waals surface area contributed by atoms with Gasteiger partial charge in [-0.1, -0.05) is 36.4 Å². The molecule has 1 N–H and O–H groups in total. The van der Waals surface area contributed by atoms with Gasteiger partial charge in [0.15, 0.2) is 0 Å². The number of rotatable bonds is 7. The lowest BCUT2D eigenvalue weighted by molar-refractivity contribution is -0.117. The van der Waals surface area contributed by atoms with Crippen molar-refractivity contribution in [1.29, 1.82) is 0 Å². The maximum atomic E-state index is 13.7. The van der Waals surface area contributed by atoms with Crippen LogP contribution in [0.2, 0.25) is 0 Å². The Morgan fingerprint density at radius 2 is 1.91 bits per heavy atom. The van der Waals surface area contributed by atoms with Crippen LogP contribution in [0.15, 0.2) is 72.8 Å². The van der Waals surface area contributed by atoms with Crippen LogP contribution < -0.4 is 9.64 Å². The number of ether oxygens (including phenoxy) is 1. The lowest BCUT2D eigenvalue weighted by Gasteiger charge is -2.19. The molecular weight excluding hydrogens is 433 g/mol. The van der Waals surface area contributed by atoms with E-state index in [4.69, 9.17) is 9.72 Å². The Labute approximate surface area is 197 Å². The molecule has 0 saturated carbocycles. The second-order valence-electron chi connectivity index (χ2n) is 8.68. The number of aryl methyl sites for hydroxylation is 1. The summed E-state index contributed by atoms with van der Waals surface area (Å²) in [7, 11) is 0. The van der Waals surface area contributed by atoms with Gasteiger partial charge in [-0.25, -0.2) is 9.37 Å². The van der Waals surface area contributed by atoms with Gasteiger partial charge in [0.2, 0.25) is 5.91 Å². The summed E-state index contributed by atoms with van der Waals surface area (Å²) in [5, 5.41) is 10.8. The Kier molecular flexibility index (Phi) is 6.02. The summed E-state index contributed by atoms with van der Waals surface area (Å²) in [5.74, 6) is 0.857. The number of hydrogen-bond donors (Lipinski definition) is 1. The molecule has 4 aromatic rings. The smallest absolute Gasteiger partial charge is 0.227 e. The standard InChI is InChI=1S/C27H26FN3O3/c1-18-7-2-5-12-25(18)34-17-22(32)16-31-24-11-4-3-10-23(24)29-27(31)19-13-26(33)30(15-19)21-9-6-8-20(28)14-21/h2-12,14,19,22,32H,13,15-17H2,1H3/t19-,22+/m1/s1. The summed E-state index contributed by atoms with van der Waals surface area (Å²) >= 11 is 0. The number of aliphatic hydroxyl groups is 1. The van der Waals surface area contributed by atoms with E-state index in [1.165, 1.54) is 12.1 Å². The van der Waals surface area contributed by atoms with Gasteiger partial charge in [0.25, 0.3) is 0 Å². The minimum absolute atomic E-state index is 0.0716. The van der Waals surface area contributed by atoms with Crippen LogP contribution in [0.5, 0.6) is 5.75 Å². The third-order valence-electron chi connectivity index (χ3n) is 6.21. The molecule has 1 aromatic heterocycles. The number of nitrogens with zero attached hydrogens (tertiary/aromatic N) is 3. The van der Waals surface area contributed by atoms with E-state index >= 15 is 0 Å².